The maximum absolute atomic E-state index is 13.5. The minimum absolute atomic E-state index is 0.00550. The minimum atomic E-state index is -0.433. The van der Waals surface area contributed by atoms with Crippen molar-refractivity contribution in [2.45, 2.75) is 38.0 Å². The molecule has 0 bridgehead atoms. The van der Waals surface area contributed by atoms with Crippen molar-refractivity contribution in [1.82, 2.24) is 5.32 Å². The van der Waals surface area contributed by atoms with Crippen LogP contribution in [0.4, 0.5) is 0 Å². The summed E-state index contributed by atoms with van der Waals surface area (Å²) in [7, 11) is 6.25. The molecule has 1 amide bonds. The van der Waals surface area contributed by atoms with E-state index < -0.39 is 5.92 Å². The fraction of sp³-hybridized carbons (Fsp3) is 0.407. The Balaban J connectivity index is 1.73. The van der Waals surface area contributed by atoms with E-state index in [2.05, 4.69) is 5.32 Å². The van der Waals surface area contributed by atoms with Crippen molar-refractivity contribution in [2.24, 2.45) is 0 Å². The Labute approximate surface area is 205 Å². The lowest BCUT2D eigenvalue weighted by atomic mass is 9.73. The molecule has 0 radical (unpaired) electrons. The van der Waals surface area contributed by atoms with E-state index in [9.17, 15) is 9.59 Å². The molecule has 1 aliphatic heterocycles. The molecular formula is C27H31NO7. The molecule has 1 heterocycles. The van der Waals surface area contributed by atoms with Gasteiger partial charge in [-0.2, -0.15) is 0 Å². The SMILES string of the molecule is CCOc1ccc(C2CC(=O)C3=C(C2)NC(=O)CC3c2cc(OC)c(OC)cc2OC)cc1OC. The van der Waals surface area contributed by atoms with Crippen LogP contribution < -0.4 is 29.0 Å². The molecule has 186 valence electrons. The molecule has 2 aromatic carbocycles. The number of nitrogens with one attached hydrogen (secondary N) is 1. The van der Waals surface area contributed by atoms with E-state index in [1.807, 2.05) is 25.1 Å². The molecule has 35 heavy (non-hydrogen) atoms. The van der Waals surface area contributed by atoms with Crippen LogP contribution in [0.5, 0.6) is 28.7 Å². The van der Waals surface area contributed by atoms with Crippen molar-refractivity contribution in [1.29, 1.82) is 0 Å². The molecule has 0 saturated heterocycles. The molecule has 1 N–H and O–H groups in total. The van der Waals surface area contributed by atoms with Crippen LogP contribution in [0.15, 0.2) is 41.6 Å². The summed E-state index contributed by atoms with van der Waals surface area (Å²) in [6.45, 7) is 2.44. The summed E-state index contributed by atoms with van der Waals surface area (Å²) in [4.78, 5) is 26.3. The third-order valence-corrected chi connectivity index (χ3v) is 6.61. The number of carbonyl (C=O) groups excluding carboxylic acids is 2. The standard InChI is InChI=1S/C27H31NO7/c1-6-35-21-8-7-15(11-23(21)32-3)16-9-19-27(20(29)10-16)18(13-26(30)28-19)17-12-24(33-4)25(34-5)14-22(17)31-2/h7-8,11-12,14,16,18H,6,9-10,13H2,1-5H3,(H,28,30). The van der Waals surface area contributed by atoms with Gasteiger partial charge in [-0.25, -0.2) is 0 Å². The largest absolute Gasteiger partial charge is 0.496 e. The Morgan fingerprint density at radius 3 is 2.11 bits per heavy atom. The quantitative estimate of drug-likeness (QED) is 0.606. The van der Waals surface area contributed by atoms with Crippen LogP contribution in [0.3, 0.4) is 0 Å². The van der Waals surface area contributed by atoms with Gasteiger partial charge in [-0.15, -0.1) is 0 Å². The predicted octanol–water partition coefficient (Wildman–Crippen LogP) is 4.12. The van der Waals surface area contributed by atoms with E-state index in [0.29, 0.717) is 59.5 Å². The van der Waals surface area contributed by atoms with E-state index in [1.54, 1.807) is 40.6 Å². The van der Waals surface area contributed by atoms with E-state index in [0.717, 1.165) is 11.1 Å². The summed E-state index contributed by atoms with van der Waals surface area (Å²) < 4.78 is 27.6. The zero-order chi connectivity index (χ0) is 25.1. The smallest absolute Gasteiger partial charge is 0.225 e. The zero-order valence-corrected chi connectivity index (χ0v) is 20.7. The second-order valence-corrected chi connectivity index (χ2v) is 8.52. The van der Waals surface area contributed by atoms with Gasteiger partial charge in [-0.1, -0.05) is 6.07 Å². The topological polar surface area (TPSA) is 92.3 Å². The first-order chi connectivity index (χ1) is 16.9. The highest BCUT2D eigenvalue weighted by Crippen LogP contribution is 2.47. The first kappa shape index (κ1) is 24.4. The molecule has 4 rings (SSSR count). The van der Waals surface area contributed by atoms with Gasteiger partial charge in [0.15, 0.2) is 28.8 Å². The number of ether oxygens (including phenoxy) is 5. The molecule has 1 aliphatic carbocycles. The van der Waals surface area contributed by atoms with E-state index in [1.165, 1.54) is 0 Å². The van der Waals surface area contributed by atoms with Crippen molar-refractivity contribution < 1.29 is 33.3 Å². The van der Waals surface area contributed by atoms with Gasteiger partial charge in [0.1, 0.15) is 5.75 Å². The Hall–Kier alpha value is -3.68. The summed E-state index contributed by atoms with van der Waals surface area (Å²) in [5.74, 6) is 2.20. The second-order valence-electron chi connectivity index (χ2n) is 8.52. The number of benzene rings is 2. The summed E-state index contributed by atoms with van der Waals surface area (Å²) in [5, 5.41) is 2.96. The third-order valence-electron chi connectivity index (χ3n) is 6.61. The minimum Gasteiger partial charge on any atom is -0.496 e. The molecule has 2 aromatic rings. The molecule has 0 spiro atoms. The normalized spacial score (nSPS) is 19.6. The van der Waals surface area contributed by atoms with Crippen LogP contribution in [0.25, 0.3) is 0 Å². The fourth-order valence-electron chi connectivity index (χ4n) is 5.00. The van der Waals surface area contributed by atoms with E-state index in [-0.39, 0.29) is 24.0 Å². The predicted molar refractivity (Wildman–Crippen MR) is 130 cm³/mol. The van der Waals surface area contributed by atoms with Gasteiger partial charge >= 0.3 is 0 Å². The van der Waals surface area contributed by atoms with Crippen molar-refractivity contribution >= 4 is 11.7 Å². The number of rotatable bonds is 8. The summed E-state index contributed by atoms with van der Waals surface area (Å²) in [5.41, 5.74) is 2.98. The van der Waals surface area contributed by atoms with Crippen LogP contribution in [0.2, 0.25) is 0 Å². The summed E-state index contributed by atoms with van der Waals surface area (Å²) in [6.07, 6.45) is 1.02. The number of amides is 1. The summed E-state index contributed by atoms with van der Waals surface area (Å²) >= 11 is 0. The number of Topliss-reactive ketones (excluding diaryl/α,β-unsaturated/α-hetero) is 1. The maximum Gasteiger partial charge on any atom is 0.225 e. The molecule has 8 heteroatoms. The average Bonchev–Trinajstić information content (AvgIpc) is 2.87. The third kappa shape index (κ3) is 4.65. The first-order valence-corrected chi connectivity index (χ1v) is 11.6. The molecular weight excluding hydrogens is 450 g/mol. The van der Waals surface area contributed by atoms with Gasteiger partial charge in [-0.3, -0.25) is 9.59 Å². The Kier molecular flexibility index (Phi) is 7.19. The lowest BCUT2D eigenvalue weighted by Crippen LogP contribution is -2.38. The van der Waals surface area contributed by atoms with Crippen molar-refractivity contribution in [3.63, 3.8) is 0 Å². The van der Waals surface area contributed by atoms with E-state index >= 15 is 0 Å². The van der Waals surface area contributed by atoms with Gasteiger partial charge in [0.2, 0.25) is 5.91 Å². The monoisotopic (exact) mass is 481 g/mol. The molecule has 0 saturated carbocycles. The number of ketones is 1. The van der Waals surface area contributed by atoms with Gasteiger partial charge in [0.05, 0.1) is 35.0 Å². The van der Waals surface area contributed by atoms with Gasteiger partial charge in [0, 0.05) is 41.7 Å². The summed E-state index contributed by atoms with van der Waals surface area (Å²) in [6, 6.07) is 9.25. The molecule has 0 fully saturated rings. The van der Waals surface area contributed by atoms with Crippen LogP contribution in [0, 0.1) is 0 Å². The highest BCUT2D eigenvalue weighted by Gasteiger charge is 2.39. The maximum atomic E-state index is 13.5. The number of hydrogen-bond acceptors (Lipinski definition) is 7. The van der Waals surface area contributed by atoms with Gasteiger partial charge < -0.3 is 29.0 Å². The van der Waals surface area contributed by atoms with Gasteiger partial charge in [0.25, 0.3) is 0 Å². The highest BCUT2D eigenvalue weighted by molar-refractivity contribution is 6.02. The molecule has 2 atom stereocenters. The lowest BCUT2D eigenvalue weighted by molar-refractivity contribution is -0.122. The van der Waals surface area contributed by atoms with Crippen LogP contribution in [0.1, 0.15) is 49.1 Å². The Morgan fingerprint density at radius 1 is 0.800 bits per heavy atom. The van der Waals surface area contributed by atoms with Crippen LogP contribution in [-0.4, -0.2) is 46.7 Å². The Morgan fingerprint density at radius 2 is 1.46 bits per heavy atom. The average molecular weight is 482 g/mol. The zero-order valence-electron chi connectivity index (χ0n) is 20.7. The number of carbonyl (C=O) groups is 2. The van der Waals surface area contributed by atoms with Gasteiger partial charge in [-0.05, 0) is 43.0 Å². The molecule has 0 aromatic heterocycles. The fourth-order valence-corrected chi connectivity index (χ4v) is 5.00. The molecule has 2 unspecified atom stereocenters. The number of hydrogen-bond donors (Lipinski definition) is 1. The van der Waals surface area contributed by atoms with Crippen LogP contribution >= 0.6 is 0 Å². The lowest BCUT2D eigenvalue weighted by Gasteiger charge is -2.35. The number of allylic oxidation sites excluding steroid dienone is 2. The first-order valence-electron chi connectivity index (χ1n) is 11.6. The van der Waals surface area contributed by atoms with Crippen molar-refractivity contribution in [3.8, 4) is 28.7 Å². The Bertz CT molecular complexity index is 1170. The van der Waals surface area contributed by atoms with Crippen LogP contribution in [-0.2, 0) is 9.59 Å². The second kappa shape index (κ2) is 10.3. The number of methoxy groups -OCH3 is 4. The van der Waals surface area contributed by atoms with Crippen molar-refractivity contribution in [3.05, 3.63) is 52.7 Å². The van der Waals surface area contributed by atoms with E-state index in [4.69, 9.17) is 23.7 Å². The highest BCUT2D eigenvalue weighted by atomic mass is 16.5. The molecule has 8 nitrogen and oxygen atoms in total. The molecule has 2 aliphatic rings. The van der Waals surface area contributed by atoms with Crippen molar-refractivity contribution in [2.75, 3.05) is 35.0 Å².